The first-order valence-corrected chi connectivity index (χ1v) is 12.3. The van der Waals surface area contributed by atoms with Crippen LogP contribution in [0.1, 0.15) is 36.1 Å². The number of anilines is 1. The van der Waals surface area contributed by atoms with Gasteiger partial charge in [-0.25, -0.2) is 8.42 Å². The standard InChI is InChI=1S/C21H25ClN4O4S/c1-31(28,29)26-19-10-14(4-7-17(19)22)20(27)12-23-8-9-30-15-5-6-16-18(11-15)24-25-21(16)13-2-3-13/h4-7,10-11,13,20,23,26-27H,2-3,8-9,12H2,1H3,(H,24,25)/t20-/m0/s1. The lowest BCUT2D eigenvalue weighted by Crippen LogP contribution is -2.26. The number of hydrogen-bond donors (Lipinski definition) is 4. The molecule has 1 fully saturated rings. The predicted octanol–water partition coefficient (Wildman–Crippen LogP) is 3.17. The highest BCUT2D eigenvalue weighted by Crippen LogP contribution is 2.42. The Morgan fingerprint density at radius 2 is 2.10 bits per heavy atom. The Morgan fingerprint density at radius 3 is 2.84 bits per heavy atom. The van der Waals surface area contributed by atoms with Gasteiger partial charge >= 0.3 is 0 Å². The number of fused-ring (bicyclic) bond motifs is 1. The highest BCUT2D eigenvalue weighted by atomic mass is 35.5. The van der Waals surface area contributed by atoms with E-state index in [0.29, 0.717) is 24.6 Å². The number of aromatic amines is 1. The van der Waals surface area contributed by atoms with Gasteiger partial charge in [-0.2, -0.15) is 5.10 Å². The molecule has 1 atom stereocenters. The summed E-state index contributed by atoms with van der Waals surface area (Å²) in [6.07, 6.45) is 2.65. The molecule has 0 unspecified atom stereocenters. The average molecular weight is 465 g/mol. The van der Waals surface area contributed by atoms with Gasteiger partial charge in [0.15, 0.2) is 0 Å². The Morgan fingerprint density at radius 1 is 1.29 bits per heavy atom. The molecule has 1 aromatic heterocycles. The molecule has 1 aliphatic rings. The van der Waals surface area contributed by atoms with Crippen molar-refractivity contribution in [2.45, 2.75) is 24.9 Å². The van der Waals surface area contributed by atoms with Crippen molar-refractivity contribution in [3.8, 4) is 5.75 Å². The highest BCUT2D eigenvalue weighted by molar-refractivity contribution is 7.92. The van der Waals surface area contributed by atoms with E-state index in [9.17, 15) is 13.5 Å². The quantitative estimate of drug-likeness (QED) is 0.342. The van der Waals surface area contributed by atoms with Gasteiger partial charge in [-0.15, -0.1) is 0 Å². The van der Waals surface area contributed by atoms with Gasteiger partial charge in [-0.1, -0.05) is 17.7 Å². The number of ether oxygens (including phenoxy) is 1. The molecule has 31 heavy (non-hydrogen) atoms. The van der Waals surface area contributed by atoms with Gasteiger partial charge in [0.05, 0.1) is 34.3 Å². The number of nitrogens with zero attached hydrogens (tertiary/aromatic N) is 1. The van der Waals surface area contributed by atoms with Crippen molar-refractivity contribution < 1.29 is 18.3 Å². The van der Waals surface area contributed by atoms with E-state index >= 15 is 0 Å². The third-order valence-electron chi connectivity index (χ3n) is 5.08. The van der Waals surface area contributed by atoms with Crippen LogP contribution in [0.15, 0.2) is 36.4 Å². The van der Waals surface area contributed by atoms with Crippen LogP contribution in [0.5, 0.6) is 5.75 Å². The summed E-state index contributed by atoms with van der Waals surface area (Å²) in [4.78, 5) is 0. The van der Waals surface area contributed by atoms with Crippen LogP contribution in [0, 0.1) is 0 Å². The van der Waals surface area contributed by atoms with E-state index in [2.05, 4.69) is 20.2 Å². The third kappa shape index (κ3) is 5.68. The van der Waals surface area contributed by atoms with E-state index in [1.165, 1.54) is 18.9 Å². The van der Waals surface area contributed by atoms with Crippen molar-refractivity contribution in [2.24, 2.45) is 0 Å². The Hall–Kier alpha value is -2.33. The number of aliphatic hydroxyl groups excluding tert-OH is 1. The number of nitrogens with one attached hydrogen (secondary N) is 3. The summed E-state index contributed by atoms with van der Waals surface area (Å²) in [6.45, 7) is 1.25. The highest BCUT2D eigenvalue weighted by Gasteiger charge is 2.27. The van der Waals surface area contributed by atoms with Crippen molar-refractivity contribution >= 4 is 38.2 Å². The Kier molecular flexibility index (Phi) is 6.38. The SMILES string of the molecule is CS(=O)(=O)Nc1cc([C@@H](O)CNCCOc2ccc3c(C4CC4)n[nH]c3c2)ccc1Cl. The van der Waals surface area contributed by atoms with Crippen LogP contribution in [0.4, 0.5) is 5.69 Å². The maximum atomic E-state index is 11.4. The molecule has 8 nitrogen and oxygen atoms in total. The van der Waals surface area contributed by atoms with E-state index < -0.39 is 16.1 Å². The third-order valence-corrected chi connectivity index (χ3v) is 6.00. The second kappa shape index (κ2) is 9.04. The van der Waals surface area contributed by atoms with E-state index in [0.717, 1.165) is 28.6 Å². The second-order valence-electron chi connectivity index (χ2n) is 7.77. The Labute approximate surface area is 186 Å². The molecule has 2 aromatic carbocycles. The maximum absolute atomic E-state index is 11.4. The number of H-pyrrole nitrogens is 1. The number of hydrogen-bond acceptors (Lipinski definition) is 6. The summed E-state index contributed by atoms with van der Waals surface area (Å²) in [5, 5.41) is 22.4. The Bertz CT molecular complexity index is 1180. The van der Waals surface area contributed by atoms with Crippen molar-refractivity contribution in [1.29, 1.82) is 0 Å². The predicted molar refractivity (Wildman–Crippen MR) is 121 cm³/mol. The van der Waals surface area contributed by atoms with Crippen LogP contribution in [-0.4, -0.2) is 49.7 Å². The molecule has 10 heteroatoms. The summed E-state index contributed by atoms with van der Waals surface area (Å²) >= 11 is 6.02. The van der Waals surface area contributed by atoms with Crippen molar-refractivity contribution in [3.05, 3.63) is 52.7 Å². The Balaban J connectivity index is 1.25. The fourth-order valence-electron chi connectivity index (χ4n) is 3.40. The molecule has 1 saturated carbocycles. The first-order valence-electron chi connectivity index (χ1n) is 10.1. The molecule has 4 rings (SSSR count). The molecule has 166 valence electrons. The number of rotatable bonds is 10. The lowest BCUT2D eigenvalue weighted by molar-refractivity contribution is 0.172. The molecule has 0 radical (unpaired) electrons. The maximum Gasteiger partial charge on any atom is 0.229 e. The van der Waals surface area contributed by atoms with Gasteiger partial charge in [0, 0.05) is 30.5 Å². The fourth-order valence-corrected chi connectivity index (χ4v) is 4.19. The molecular weight excluding hydrogens is 440 g/mol. The first kappa shape index (κ1) is 21.9. The molecule has 0 bridgehead atoms. The molecule has 0 amide bonds. The minimum atomic E-state index is -3.46. The van der Waals surface area contributed by atoms with Gasteiger partial charge in [0.1, 0.15) is 12.4 Å². The number of sulfonamides is 1. The molecular formula is C21H25ClN4O4S. The summed E-state index contributed by atoms with van der Waals surface area (Å²) in [6, 6.07) is 10.7. The summed E-state index contributed by atoms with van der Waals surface area (Å²) < 4.78 is 31.0. The zero-order valence-electron chi connectivity index (χ0n) is 17.1. The van der Waals surface area contributed by atoms with Gasteiger partial charge < -0.3 is 15.2 Å². The average Bonchev–Trinajstić information content (AvgIpc) is 3.47. The van der Waals surface area contributed by atoms with E-state index in [1.807, 2.05) is 18.2 Å². The number of aromatic nitrogens is 2. The number of benzene rings is 2. The summed E-state index contributed by atoms with van der Waals surface area (Å²) in [7, 11) is -3.46. The zero-order chi connectivity index (χ0) is 22.0. The zero-order valence-corrected chi connectivity index (χ0v) is 18.6. The summed E-state index contributed by atoms with van der Waals surface area (Å²) in [5.41, 5.74) is 2.92. The van der Waals surface area contributed by atoms with E-state index in [1.54, 1.807) is 12.1 Å². The molecule has 0 aliphatic heterocycles. The first-order chi connectivity index (χ1) is 14.8. The molecule has 0 saturated heterocycles. The van der Waals surface area contributed by atoms with Crippen LogP contribution in [0.2, 0.25) is 5.02 Å². The second-order valence-corrected chi connectivity index (χ2v) is 9.93. The minimum absolute atomic E-state index is 0.239. The van der Waals surface area contributed by atoms with Crippen LogP contribution in [-0.2, 0) is 10.0 Å². The van der Waals surface area contributed by atoms with E-state index in [-0.39, 0.29) is 17.3 Å². The molecule has 1 aliphatic carbocycles. The van der Waals surface area contributed by atoms with Gasteiger partial charge in [0.2, 0.25) is 10.0 Å². The number of aliphatic hydroxyl groups is 1. The van der Waals surface area contributed by atoms with Crippen molar-refractivity contribution in [3.63, 3.8) is 0 Å². The smallest absolute Gasteiger partial charge is 0.229 e. The van der Waals surface area contributed by atoms with Gasteiger partial charge in [-0.3, -0.25) is 9.82 Å². The number of halogens is 1. The molecule has 1 heterocycles. The minimum Gasteiger partial charge on any atom is -0.492 e. The van der Waals surface area contributed by atoms with Crippen LogP contribution < -0.4 is 14.8 Å². The van der Waals surface area contributed by atoms with E-state index in [4.69, 9.17) is 16.3 Å². The van der Waals surface area contributed by atoms with Gasteiger partial charge in [0.25, 0.3) is 0 Å². The van der Waals surface area contributed by atoms with Crippen LogP contribution in [0.25, 0.3) is 10.9 Å². The van der Waals surface area contributed by atoms with Crippen molar-refractivity contribution in [2.75, 3.05) is 30.7 Å². The monoisotopic (exact) mass is 464 g/mol. The fraction of sp³-hybridized carbons (Fsp3) is 0.381. The molecule has 0 spiro atoms. The van der Waals surface area contributed by atoms with Crippen molar-refractivity contribution in [1.82, 2.24) is 15.5 Å². The summed E-state index contributed by atoms with van der Waals surface area (Å²) in [5.74, 6) is 1.35. The lowest BCUT2D eigenvalue weighted by atomic mass is 10.1. The molecule has 4 N–H and O–H groups in total. The van der Waals surface area contributed by atoms with Gasteiger partial charge in [-0.05, 0) is 42.7 Å². The largest absolute Gasteiger partial charge is 0.492 e. The van der Waals surface area contributed by atoms with Crippen LogP contribution >= 0.6 is 11.6 Å². The lowest BCUT2D eigenvalue weighted by Gasteiger charge is -2.15. The molecule has 3 aromatic rings. The topological polar surface area (TPSA) is 116 Å². The normalized spacial score (nSPS) is 15.2. The van der Waals surface area contributed by atoms with Crippen LogP contribution in [0.3, 0.4) is 0 Å².